The van der Waals surface area contributed by atoms with Crippen molar-refractivity contribution in [3.05, 3.63) is 0 Å². The first kappa shape index (κ1) is 10.5. The molecule has 1 aliphatic rings. The Morgan fingerprint density at radius 3 is 2.77 bits per heavy atom. The second-order valence-electron chi connectivity index (χ2n) is 4.07. The molecule has 0 aromatic carbocycles. The molecule has 0 spiro atoms. The highest BCUT2D eigenvalue weighted by Gasteiger charge is 2.22. The van der Waals surface area contributed by atoms with Gasteiger partial charge in [-0.25, -0.2) is 0 Å². The van der Waals surface area contributed by atoms with Crippen LogP contribution in [0.3, 0.4) is 0 Å². The predicted octanol–water partition coefficient (Wildman–Crippen LogP) is 1.46. The fourth-order valence-corrected chi connectivity index (χ4v) is 1.86. The highest BCUT2D eigenvalue weighted by atomic mass is 16.5. The average molecular weight is 185 g/mol. The van der Waals surface area contributed by atoms with Gasteiger partial charge in [0.05, 0.1) is 6.10 Å². The van der Waals surface area contributed by atoms with Crippen LogP contribution in [0.15, 0.2) is 0 Å². The summed E-state index contributed by atoms with van der Waals surface area (Å²) in [6.07, 6.45) is 4.43. The molecule has 0 bridgehead atoms. The van der Waals surface area contributed by atoms with Crippen molar-refractivity contribution in [2.24, 2.45) is 11.7 Å². The van der Waals surface area contributed by atoms with Crippen LogP contribution in [0, 0.1) is 5.92 Å². The lowest BCUT2D eigenvalue weighted by molar-refractivity contribution is -0.133. The Labute approximate surface area is 79.6 Å². The maximum absolute atomic E-state index is 10.8. The summed E-state index contributed by atoms with van der Waals surface area (Å²) in [5.74, 6) is 0.358. The fourth-order valence-electron chi connectivity index (χ4n) is 1.86. The summed E-state index contributed by atoms with van der Waals surface area (Å²) in [4.78, 5) is 10.8. The monoisotopic (exact) mass is 185 g/mol. The summed E-state index contributed by atoms with van der Waals surface area (Å²) < 4.78 is 5.55. The summed E-state index contributed by atoms with van der Waals surface area (Å²) in [6.45, 7) is 3.95. The van der Waals surface area contributed by atoms with E-state index in [0.717, 1.165) is 18.8 Å². The Morgan fingerprint density at radius 1 is 1.54 bits per heavy atom. The number of primary amides is 1. The quantitative estimate of drug-likeness (QED) is 0.723. The first-order valence-electron chi connectivity index (χ1n) is 5.04. The van der Waals surface area contributed by atoms with Gasteiger partial charge in [-0.15, -0.1) is 0 Å². The molecule has 1 saturated carbocycles. The first-order chi connectivity index (χ1) is 6.09. The summed E-state index contributed by atoms with van der Waals surface area (Å²) in [7, 11) is 0. The van der Waals surface area contributed by atoms with Crippen molar-refractivity contribution in [1.82, 2.24) is 0 Å². The standard InChI is InChI=1S/C10H19NO2/c1-7-4-3-5-9(6-7)13-8(2)10(11)12/h7-9H,3-6H2,1-2H3,(H2,11,12). The van der Waals surface area contributed by atoms with E-state index in [4.69, 9.17) is 10.5 Å². The first-order valence-corrected chi connectivity index (χ1v) is 5.04. The molecule has 1 rings (SSSR count). The largest absolute Gasteiger partial charge is 0.367 e. The van der Waals surface area contributed by atoms with Crippen LogP contribution in [0.5, 0.6) is 0 Å². The van der Waals surface area contributed by atoms with E-state index in [-0.39, 0.29) is 12.0 Å². The fraction of sp³-hybridized carbons (Fsp3) is 0.900. The van der Waals surface area contributed by atoms with Crippen LogP contribution in [0.4, 0.5) is 0 Å². The number of carbonyl (C=O) groups excluding carboxylic acids is 1. The highest BCUT2D eigenvalue weighted by Crippen LogP contribution is 2.26. The van der Waals surface area contributed by atoms with Gasteiger partial charge in [0.15, 0.2) is 0 Å². The minimum absolute atomic E-state index is 0.242. The molecule has 3 heteroatoms. The average Bonchev–Trinajstić information content (AvgIpc) is 2.04. The molecule has 3 atom stereocenters. The maximum Gasteiger partial charge on any atom is 0.246 e. The van der Waals surface area contributed by atoms with Crippen molar-refractivity contribution in [3.8, 4) is 0 Å². The van der Waals surface area contributed by atoms with E-state index in [1.807, 2.05) is 0 Å². The second kappa shape index (κ2) is 4.61. The number of hydrogen-bond acceptors (Lipinski definition) is 2. The summed E-state index contributed by atoms with van der Waals surface area (Å²) >= 11 is 0. The zero-order valence-corrected chi connectivity index (χ0v) is 8.45. The zero-order valence-electron chi connectivity index (χ0n) is 8.45. The van der Waals surface area contributed by atoms with Crippen molar-refractivity contribution < 1.29 is 9.53 Å². The molecular weight excluding hydrogens is 166 g/mol. The Bertz CT molecular complexity index is 182. The van der Waals surface area contributed by atoms with E-state index in [1.165, 1.54) is 12.8 Å². The maximum atomic E-state index is 10.8. The lowest BCUT2D eigenvalue weighted by Crippen LogP contribution is -2.34. The van der Waals surface area contributed by atoms with Crippen LogP contribution in [-0.4, -0.2) is 18.1 Å². The molecule has 13 heavy (non-hydrogen) atoms. The molecule has 76 valence electrons. The van der Waals surface area contributed by atoms with Gasteiger partial charge in [0.1, 0.15) is 6.10 Å². The number of hydrogen-bond donors (Lipinski definition) is 1. The molecule has 0 saturated heterocycles. The smallest absolute Gasteiger partial charge is 0.246 e. The normalized spacial score (nSPS) is 31.2. The second-order valence-corrected chi connectivity index (χ2v) is 4.07. The van der Waals surface area contributed by atoms with Gasteiger partial charge in [-0.3, -0.25) is 4.79 Å². The van der Waals surface area contributed by atoms with Crippen LogP contribution in [0.1, 0.15) is 39.5 Å². The van der Waals surface area contributed by atoms with Crippen LogP contribution in [-0.2, 0) is 9.53 Å². The van der Waals surface area contributed by atoms with Crippen LogP contribution in [0.25, 0.3) is 0 Å². The van der Waals surface area contributed by atoms with Gasteiger partial charge in [0, 0.05) is 0 Å². The number of amides is 1. The van der Waals surface area contributed by atoms with Crippen LogP contribution >= 0.6 is 0 Å². The molecule has 0 aromatic rings. The van der Waals surface area contributed by atoms with Gasteiger partial charge in [-0.1, -0.05) is 19.8 Å². The lowest BCUT2D eigenvalue weighted by Gasteiger charge is -2.28. The molecule has 3 unspecified atom stereocenters. The minimum Gasteiger partial charge on any atom is -0.367 e. The molecule has 3 nitrogen and oxygen atoms in total. The molecular formula is C10H19NO2. The summed E-state index contributed by atoms with van der Waals surface area (Å²) in [6, 6.07) is 0. The molecule has 0 aromatic heterocycles. The molecule has 1 fully saturated rings. The summed E-state index contributed by atoms with van der Waals surface area (Å²) in [5.41, 5.74) is 5.12. The van der Waals surface area contributed by atoms with Crippen LogP contribution in [0.2, 0.25) is 0 Å². The molecule has 2 N–H and O–H groups in total. The Hall–Kier alpha value is -0.570. The van der Waals surface area contributed by atoms with E-state index in [1.54, 1.807) is 6.92 Å². The van der Waals surface area contributed by atoms with Gasteiger partial charge in [0.25, 0.3) is 0 Å². The van der Waals surface area contributed by atoms with Gasteiger partial charge < -0.3 is 10.5 Å². The topological polar surface area (TPSA) is 52.3 Å². The Balaban J connectivity index is 2.31. The van der Waals surface area contributed by atoms with Gasteiger partial charge in [-0.05, 0) is 25.7 Å². The molecule has 0 radical (unpaired) electrons. The highest BCUT2D eigenvalue weighted by molar-refractivity contribution is 5.78. The van der Waals surface area contributed by atoms with Crippen LogP contribution < -0.4 is 5.73 Å². The number of nitrogens with two attached hydrogens (primary N) is 1. The lowest BCUT2D eigenvalue weighted by atomic mass is 9.88. The van der Waals surface area contributed by atoms with E-state index < -0.39 is 6.10 Å². The van der Waals surface area contributed by atoms with Gasteiger partial charge in [-0.2, -0.15) is 0 Å². The number of rotatable bonds is 3. The zero-order chi connectivity index (χ0) is 9.84. The third-order valence-corrected chi connectivity index (χ3v) is 2.69. The van der Waals surface area contributed by atoms with E-state index >= 15 is 0 Å². The van der Waals surface area contributed by atoms with E-state index in [9.17, 15) is 4.79 Å². The Morgan fingerprint density at radius 2 is 2.23 bits per heavy atom. The van der Waals surface area contributed by atoms with Crippen molar-refractivity contribution in [2.75, 3.05) is 0 Å². The van der Waals surface area contributed by atoms with E-state index in [2.05, 4.69) is 6.92 Å². The third kappa shape index (κ3) is 3.35. The van der Waals surface area contributed by atoms with Crippen molar-refractivity contribution in [2.45, 2.75) is 51.7 Å². The molecule has 0 heterocycles. The van der Waals surface area contributed by atoms with Crippen molar-refractivity contribution in [1.29, 1.82) is 0 Å². The van der Waals surface area contributed by atoms with Crippen molar-refractivity contribution >= 4 is 5.91 Å². The molecule has 0 aliphatic heterocycles. The molecule has 1 amide bonds. The van der Waals surface area contributed by atoms with Gasteiger partial charge in [0.2, 0.25) is 5.91 Å². The Kier molecular flexibility index (Phi) is 3.72. The minimum atomic E-state index is -0.435. The van der Waals surface area contributed by atoms with Crippen molar-refractivity contribution in [3.63, 3.8) is 0 Å². The predicted molar refractivity (Wildman–Crippen MR) is 51.2 cm³/mol. The number of ether oxygens (including phenoxy) is 1. The van der Waals surface area contributed by atoms with E-state index in [0.29, 0.717) is 0 Å². The number of carbonyl (C=O) groups is 1. The molecule has 1 aliphatic carbocycles. The summed E-state index contributed by atoms with van der Waals surface area (Å²) in [5, 5.41) is 0. The SMILES string of the molecule is CC1CCCC(OC(C)C(N)=O)C1. The van der Waals surface area contributed by atoms with Gasteiger partial charge >= 0.3 is 0 Å². The third-order valence-electron chi connectivity index (χ3n) is 2.69.